The van der Waals surface area contributed by atoms with E-state index >= 15 is 0 Å². The molecule has 0 spiro atoms. The number of rotatable bonds is 11. The molecule has 0 atom stereocenters. The van der Waals surface area contributed by atoms with Crippen LogP contribution in [0.15, 0.2) is 91.0 Å². The summed E-state index contributed by atoms with van der Waals surface area (Å²) in [5.74, 6) is 0.828. The quantitative estimate of drug-likeness (QED) is 0.209. The van der Waals surface area contributed by atoms with Gasteiger partial charge in [0.05, 0.1) is 0 Å². The number of carbonyl (C=O) groups is 1. The lowest BCUT2D eigenvalue weighted by Crippen LogP contribution is -2.46. The Morgan fingerprint density at radius 1 is 0.881 bits per heavy atom. The van der Waals surface area contributed by atoms with Crippen molar-refractivity contribution < 1.29 is 19.4 Å². The summed E-state index contributed by atoms with van der Waals surface area (Å²) in [6.07, 6.45) is 0. The minimum Gasteiger partial charge on any atom is -0.492 e. The molecule has 7 nitrogen and oxygen atoms in total. The monoisotopic (exact) mass is 585 g/mol. The van der Waals surface area contributed by atoms with Gasteiger partial charge in [0.2, 0.25) is 0 Å². The van der Waals surface area contributed by atoms with Crippen molar-refractivity contribution in [3.8, 4) is 28.4 Å². The van der Waals surface area contributed by atoms with E-state index in [0.29, 0.717) is 23.1 Å². The van der Waals surface area contributed by atoms with Crippen molar-refractivity contribution in [2.24, 2.45) is 0 Å². The maximum Gasteiger partial charge on any atom is 0.339 e. The van der Waals surface area contributed by atoms with E-state index in [4.69, 9.17) is 21.1 Å². The van der Waals surface area contributed by atoms with E-state index < -0.39 is 5.97 Å². The first-order chi connectivity index (χ1) is 20.4. The zero-order valence-corrected chi connectivity index (χ0v) is 24.8. The Kier molecular flexibility index (Phi) is 9.64. The van der Waals surface area contributed by atoms with E-state index in [0.717, 1.165) is 67.4 Å². The van der Waals surface area contributed by atoms with Gasteiger partial charge in [-0.1, -0.05) is 54.1 Å². The molecular formula is C34H36ClN3O4. The third-order valence-electron chi connectivity index (χ3n) is 7.37. The first-order valence-corrected chi connectivity index (χ1v) is 14.5. The molecule has 8 heteroatoms. The molecule has 1 saturated heterocycles. The van der Waals surface area contributed by atoms with Gasteiger partial charge in [-0.25, -0.2) is 4.79 Å². The van der Waals surface area contributed by atoms with Crippen LogP contribution in [-0.2, 0) is 6.54 Å². The van der Waals surface area contributed by atoms with Crippen LogP contribution in [0.5, 0.6) is 17.2 Å². The smallest absolute Gasteiger partial charge is 0.339 e. The molecule has 4 aromatic rings. The summed E-state index contributed by atoms with van der Waals surface area (Å²) in [5.41, 5.74) is 4.50. The van der Waals surface area contributed by atoms with Gasteiger partial charge in [-0.2, -0.15) is 0 Å². The Balaban J connectivity index is 1.32. The van der Waals surface area contributed by atoms with Gasteiger partial charge in [0.15, 0.2) is 0 Å². The second-order valence-corrected chi connectivity index (χ2v) is 11.0. The Morgan fingerprint density at radius 2 is 1.62 bits per heavy atom. The number of hydrogen-bond donors (Lipinski definition) is 1. The van der Waals surface area contributed by atoms with Crippen LogP contribution in [0.25, 0.3) is 11.1 Å². The van der Waals surface area contributed by atoms with Crippen LogP contribution in [0.4, 0.5) is 5.69 Å². The summed E-state index contributed by atoms with van der Waals surface area (Å²) >= 11 is 6.18. The van der Waals surface area contributed by atoms with E-state index in [-0.39, 0.29) is 5.56 Å². The Hall–Kier alpha value is -4.04. The molecule has 42 heavy (non-hydrogen) atoms. The van der Waals surface area contributed by atoms with Crippen LogP contribution in [0.1, 0.15) is 15.9 Å². The molecule has 0 radical (unpaired) electrons. The number of halogens is 1. The van der Waals surface area contributed by atoms with Crippen LogP contribution in [0.3, 0.4) is 0 Å². The standard InChI is InChI=1S/C34H36ClN3O4/c1-36(2)21-22-41-32-10-6-9-29(25-11-13-26(35)14-12-25)31(32)24-37-17-19-38(20-18-37)27-15-16-30(34(39)40)33(23-27)42-28-7-4-3-5-8-28/h3-16,23H,17-22,24H2,1-2H3,(H,39,40). The maximum absolute atomic E-state index is 11.9. The predicted molar refractivity (Wildman–Crippen MR) is 168 cm³/mol. The maximum atomic E-state index is 11.9. The summed E-state index contributed by atoms with van der Waals surface area (Å²) in [5, 5.41) is 10.4. The van der Waals surface area contributed by atoms with E-state index in [2.05, 4.69) is 39.0 Å². The van der Waals surface area contributed by atoms with Crippen molar-refractivity contribution in [1.82, 2.24) is 9.80 Å². The normalized spacial score (nSPS) is 13.8. The number of anilines is 1. The van der Waals surface area contributed by atoms with E-state index in [1.165, 1.54) is 0 Å². The molecule has 5 rings (SSSR count). The first kappa shape index (κ1) is 29.5. The Bertz CT molecular complexity index is 1490. The summed E-state index contributed by atoms with van der Waals surface area (Å²) in [6, 6.07) is 28.8. The number of hydrogen-bond acceptors (Lipinski definition) is 6. The number of para-hydroxylation sites is 1. The Morgan fingerprint density at radius 3 is 2.31 bits per heavy atom. The van der Waals surface area contributed by atoms with Gasteiger partial charge in [0.1, 0.15) is 29.4 Å². The number of benzene rings is 4. The van der Waals surface area contributed by atoms with Crippen molar-refractivity contribution in [3.05, 3.63) is 107 Å². The molecule has 1 aliphatic rings. The largest absolute Gasteiger partial charge is 0.492 e. The molecule has 0 saturated carbocycles. The fourth-order valence-corrected chi connectivity index (χ4v) is 5.20. The van der Waals surface area contributed by atoms with Gasteiger partial charge in [-0.15, -0.1) is 0 Å². The van der Waals surface area contributed by atoms with Crippen molar-refractivity contribution in [1.29, 1.82) is 0 Å². The summed E-state index contributed by atoms with van der Waals surface area (Å²) in [7, 11) is 4.08. The third kappa shape index (κ3) is 7.42. The highest BCUT2D eigenvalue weighted by Crippen LogP contribution is 2.34. The lowest BCUT2D eigenvalue weighted by atomic mass is 9.98. The van der Waals surface area contributed by atoms with Crippen molar-refractivity contribution in [3.63, 3.8) is 0 Å². The highest BCUT2D eigenvalue weighted by Gasteiger charge is 2.22. The number of likely N-dealkylation sites (N-methyl/N-ethyl adjacent to an activating group) is 1. The molecule has 4 aromatic carbocycles. The average Bonchev–Trinajstić information content (AvgIpc) is 2.99. The van der Waals surface area contributed by atoms with Gasteiger partial charge in [0, 0.05) is 61.6 Å². The molecule has 0 amide bonds. The number of aromatic carboxylic acids is 1. The number of carboxylic acid groups (broad SMARTS) is 1. The molecule has 1 aliphatic heterocycles. The number of ether oxygens (including phenoxy) is 2. The fraction of sp³-hybridized carbons (Fsp3) is 0.265. The van der Waals surface area contributed by atoms with Crippen molar-refractivity contribution >= 4 is 23.3 Å². The van der Waals surface area contributed by atoms with Gasteiger partial charge in [0.25, 0.3) is 0 Å². The minimum atomic E-state index is -1.01. The Labute approximate surface area is 252 Å². The van der Waals surface area contributed by atoms with Gasteiger partial charge >= 0.3 is 5.97 Å². The summed E-state index contributed by atoms with van der Waals surface area (Å²) < 4.78 is 12.3. The number of nitrogens with zero attached hydrogens (tertiary/aromatic N) is 3. The molecule has 1 fully saturated rings. The third-order valence-corrected chi connectivity index (χ3v) is 7.62. The lowest BCUT2D eigenvalue weighted by molar-refractivity contribution is 0.0694. The molecule has 0 bridgehead atoms. The molecule has 218 valence electrons. The lowest BCUT2D eigenvalue weighted by Gasteiger charge is -2.37. The predicted octanol–water partition coefficient (Wildman–Crippen LogP) is 6.76. The van der Waals surface area contributed by atoms with Gasteiger partial charge in [-0.05, 0) is 67.7 Å². The SMILES string of the molecule is CN(C)CCOc1cccc(-c2ccc(Cl)cc2)c1CN1CCN(c2ccc(C(=O)O)c(Oc3ccccc3)c2)CC1. The number of carboxylic acids is 1. The second kappa shape index (κ2) is 13.7. The second-order valence-electron chi connectivity index (χ2n) is 10.6. The van der Waals surface area contributed by atoms with Crippen LogP contribution in [0, 0.1) is 0 Å². The van der Waals surface area contributed by atoms with E-state index in [1.54, 1.807) is 6.07 Å². The van der Waals surface area contributed by atoms with Crippen LogP contribution in [-0.4, -0.2) is 74.3 Å². The molecule has 0 aromatic heterocycles. The highest BCUT2D eigenvalue weighted by atomic mass is 35.5. The van der Waals surface area contributed by atoms with Gasteiger partial charge in [-0.3, -0.25) is 4.90 Å². The van der Waals surface area contributed by atoms with Crippen LogP contribution >= 0.6 is 11.6 Å². The fourth-order valence-electron chi connectivity index (χ4n) is 5.07. The topological polar surface area (TPSA) is 65.5 Å². The molecule has 1 N–H and O–H groups in total. The molecule has 1 heterocycles. The van der Waals surface area contributed by atoms with Crippen LogP contribution in [0.2, 0.25) is 5.02 Å². The van der Waals surface area contributed by atoms with Crippen molar-refractivity contribution in [2.45, 2.75) is 6.54 Å². The summed E-state index contributed by atoms with van der Waals surface area (Å²) in [4.78, 5) is 18.7. The van der Waals surface area contributed by atoms with E-state index in [1.807, 2.05) is 74.8 Å². The number of piperazine rings is 1. The first-order valence-electron chi connectivity index (χ1n) is 14.1. The zero-order valence-electron chi connectivity index (χ0n) is 24.0. The highest BCUT2D eigenvalue weighted by molar-refractivity contribution is 6.30. The minimum absolute atomic E-state index is 0.141. The van der Waals surface area contributed by atoms with Crippen LogP contribution < -0.4 is 14.4 Å². The zero-order chi connectivity index (χ0) is 29.5. The summed E-state index contributed by atoms with van der Waals surface area (Å²) in [6.45, 7) is 5.50. The van der Waals surface area contributed by atoms with Crippen molar-refractivity contribution in [2.75, 3.05) is 58.3 Å². The van der Waals surface area contributed by atoms with Gasteiger partial charge < -0.3 is 24.4 Å². The average molecular weight is 586 g/mol. The molecule has 0 aliphatic carbocycles. The molecule has 0 unspecified atom stereocenters. The van der Waals surface area contributed by atoms with E-state index in [9.17, 15) is 9.90 Å². The molecular weight excluding hydrogens is 550 g/mol.